The first-order valence-corrected chi connectivity index (χ1v) is 5.95. The van der Waals surface area contributed by atoms with Crippen molar-refractivity contribution in [2.45, 2.75) is 12.4 Å². The third-order valence-electron chi connectivity index (χ3n) is 1.81. The zero-order valence-electron chi connectivity index (χ0n) is 8.57. The SMILES string of the molecule is Cc1ccc(Cl)c(NCCSC(F)(F)F)c1. The number of halogens is 4. The molecule has 0 bridgehead atoms. The molecular formula is C10H11ClF3NS. The molecule has 0 atom stereocenters. The van der Waals surface area contributed by atoms with Crippen molar-refractivity contribution >= 4 is 29.1 Å². The lowest BCUT2D eigenvalue weighted by atomic mass is 10.2. The number of thioether (sulfide) groups is 1. The first-order valence-electron chi connectivity index (χ1n) is 4.59. The van der Waals surface area contributed by atoms with Crippen LogP contribution in [0.15, 0.2) is 18.2 Å². The molecule has 0 aromatic heterocycles. The molecule has 0 radical (unpaired) electrons. The second-order valence-corrected chi connectivity index (χ2v) is 4.77. The average Bonchev–Trinajstić information content (AvgIpc) is 2.16. The molecule has 0 fully saturated rings. The third kappa shape index (κ3) is 4.99. The van der Waals surface area contributed by atoms with Gasteiger partial charge >= 0.3 is 5.51 Å². The van der Waals surface area contributed by atoms with Gasteiger partial charge in [0, 0.05) is 12.3 Å². The molecule has 16 heavy (non-hydrogen) atoms. The van der Waals surface area contributed by atoms with Crippen LogP contribution in [0.1, 0.15) is 5.56 Å². The van der Waals surface area contributed by atoms with Crippen molar-refractivity contribution < 1.29 is 13.2 Å². The van der Waals surface area contributed by atoms with E-state index >= 15 is 0 Å². The van der Waals surface area contributed by atoms with Gasteiger partial charge in [-0.1, -0.05) is 17.7 Å². The first kappa shape index (κ1) is 13.5. The van der Waals surface area contributed by atoms with Crippen molar-refractivity contribution in [3.8, 4) is 0 Å². The third-order valence-corrected chi connectivity index (χ3v) is 2.87. The normalized spacial score (nSPS) is 11.6. The summed E-state index contributed by atoms with van der Waals surface area (Å²) in [5.41, 5.74) is -2.49. The van der Waals surface area contributed by atoms with Crippen molar-refractivity contribution in [2.75, 3.05) is 17.6 Å². The molecule has 0 spiro atoms. The lowest BCUT2D eigenvalue weighted by Gasteiger charge is -2.10. The Balaban J connectivity index is 2.40. The topological polar surface area (TPSA) is 12.0 Å². The number of benzene rings is 1. The minimum Gasteiger partial charge on any atom is -0.383 e. The monoisotopic (exact) mass is 269 g/mol. The van der Waals surface area contributed by atoms with E-state index in [0.29, 0.717) is 10.7 Å². The summed E-state index contributed by atoms with van der Waals surface area (Å²) in [6.45, 7) is 2.12. The maximum absolute atomic E-state index is 11.8. The van der Waals surface area contributed by atoms with Gasteiger partial charge < -0.3 is 5.32 Å². The van der Waals surface area contributed by atoms with E-state index in [-0.39, 0.29) is 24.1 Å². The number of hydrogen-bond acceptors (Lipinski definition) is 2. The lowest BCUT2D eigenvalue weighted by Crippen LogP contribution is -2.09. The fourth-order valence-electron chi connectivity index (χ4n) is 1.13. The zero-order chi connectivity index (χ0) is 12.2. The molecule has 0 aliphatic rings. The van der Waals surface area contributed by atoms with Gasteiger partial charge in [-0.2, -0.15) is 13.2 Å². The van der Waals surface area contributed by atoms with Gasteiger partial charge in [0.2, 0.25) is 0 Å². The number of anilines is 1. The predicted octanol–water partition coefficient (Wildman–Crippen LogP) is 4.31. The summed E-state index contributed by atoms with van der Waals surface area (Å²) in [5, 5.41) is 3.39. The van der Waals surface area contributed by atoms with Crippen molar-refractivity contribution in [2.24, 2.45) is 0 Å². The molecule has 0 unspecified atom stereocenters. The molecule has 1 N–H and O–H groups in total. The smallest absolute Gasteiger partial charge is 0.383 e. The summed E-state index contributed by atoms with van der Waals surface area (Å²) in [5.74, 6) is -0.0340. The van der Waals surface area contributed by atoms with Crippen molar-refractivity contribution in [1.29, 1.82) is 0 Å². The fraction of sp³-hybridized carbons (Fsp3) is 0.400. The summed E-state index contributed by atoms with van der Waals surface area (Å²) >= 11 is 5.83. The van der Waals surface area contributed by atoms with E-state index in [9.17, 15) is 13.2 Å². The Hall–Kier alpha value is -0.550. The summed E-state index contributed by atoms with van der Waals surface area (Å²) in [4.78, 5) is 0. The highest BCUT2D eigenvalue weighted by Gasteiger charge is 2.27. The molecule has 1 aromatic rings. The van der Waals surface area contributed by atoms with E-state index in [0.717, 1.165) is 5.56 Å². The van der Waals surface area contributed by atoms with Crippen LogP contribution in [-0.4, -0.2) is 17.8 Å². The van der Waals surface area contributed by atoms with Crippen molar-refractivity contribution in [3.63, 3.8) is 0 Å². The van der Waals surface area contributed by atoms with E-state index in [2.05, 4.69) is 5.32 Å². The average molecular weight is 270 g/mol. The van der Waals surface area contributed by atoms with E-state index in [1.54, 1.807) is 12.1 Å². The Kier molecular flexibility index (Phi) is 4.80. The van der Waals surface area contributed by atoms with Crippen LogP contribution in [0.3, 0.4) is 0 Å². The summed E-state index contributed by atoms with van der Waals surface area (Å²) in [6.07, 6.45) is 0. The van der Waals surface area contributed by atoms with Gasteiger partial charge in [0.15, 0.2) is 0 Å². The highest BCUT2D eigenvalue weighted by atomic mass is 35.5. The van der Waals surface area contributed by atoms with Crippen LogP contribution in [0.2, 0.25) is 5.02 Å². The molecule has 6 heteroatoms. The molecule has 1 rings (SSSR count). The Labute approximate surface area is 101 Å². The fourth-order valence-corrected chi connectivity index (χ4v) is 1.75. The van der Waals surface area contributed by atoms with Crippen LogP contribution in [0.4, 0.5) is 18.9 Å². The summed E-state index contributed by atoms with van der Waals surface area (Å²) in [7, 11) is 0. The second kappa shape index (κ2) is 5.68. The minimum absolute atomic E-state index is 0.0340. The van der Waals surface area contributed by atoms with Gasteiger partial charge in [0.1, 0.15) is 0 Å². The number of aryl methyl sites for hydroxylation is 1. The Morgan fingerprint density at radius 1 is 1.38 bits per heavy atom. The Morgan fingerprint density at radius 3 is 2.69 bits per heavy atom. The second-order valence-electron chi connectivity index (χ2n) is 3.20. The van der Waals surface area contributed by atoms with Gasteiger partial charge in [0.25, 0.3) is 0 Å². The largest absolute Gasteiger partial charge is 0.441 e. The molecule has 1 nitrogen and oxygen atoms in total. The number of hydrogen-bond donors (Lipinski definition) is 1. The maximum Gasteiger partial charge on any atom is 0.441 e. The first-order chi connectivity index (χ1) is 7.38. The molecule has 0 saturated heterocycles. The number of rotatable bonds is 4. The van der Waals surface area contributed by atoms with Gasteiger partial charge in [-0.05, 0) is 36.4 Å². The molecule has 90 valence electrons. The maximum atomic E-state index is 11.8. The van der Waals surface area contributed by atoms with Crippen LogP contribution in [0.25, 0.3) is 0 Å². The van der Waals surface area contributed by atoms with E-state index in [1.807, 2.05) is 13.0 Å². The molecular weight excluding hydrogens is 259 g/mol. The predicted molar refractivity (Wildman–Crippen MR) is 63.2 cm³/mol. The van der Waals surface area contributed by atoms with Gasteiger partial charge in [-0.3, -0.25) is 0 Å². The summed E-state index contributed by atoms with van der Waals surface area (Å²) < 4.78 is 35.5. The van der Waals surface area contributed by atoms with E-state index in [1.165, 1.54) is 0 Å². The van der Waals surface area contributed by atoms with E-state index in [4.69, 9.17) is 11.6 Å². The Morgan fingerprint density at radius 2 is 2.06 bits per heavy atom. The van der Waals surface area contributed by atoms with Gasteiger partial charge in [-0.15, -0.1) is 0 Å². The number of alkyl halides is 3. The van der Waals surface area contributed by atoms with Crippen molar-refractivity contribution in [3.05, 3.63) is 28.8 Å². The van der Waals surface area contributed by atoms with Gasteiger partial charge in [-0.25, -0.2) is 0 Å². The Bertz CT molecular complexity index is 354. The number of nitrogens with one attached hydrogen (secondary N) is 1. The lowest BCUT2D eigenvalue weighted by molar-refractivity contribution is -0.0327. The highest BCUT2D eigenvalue weighted by molar-refractivity contribution is 8.00. The zero-order valence-corrected chi connectivity index (χ0v) is 10.1. The minimum atomic E-state index is -4.17. The van der Waals surface area contributed by atoms with Crippen LogP contribution < -0.4 is 5.32 Å². The quantitative estimate of drug-likeness (QED) is 0.818. The standard InChI is InChI=1S/C10H11ClF3NS/c1-7-2-3-8(11)9(6-7)15-4-5-16-10(12,13)14/h2-3,6,15H,4-5H2,1H3. The van der Waals surface area contributed by atoms with Gasteiger partial charge in [0.05, 0.1) is 10.7 Å². The highest BCUT2D eigenvalue weighted by Crippen LogP contribution is 2.30. The van der Waals surface area contributed by atoms with Crippen LogP contribution in [0, 0.1) is 6.92 Å². The molecule has 0 heterocycles. The molecule has 1 aromatic carbocycles. The van der Waals surface area contributed by atoms with Crippen LogP contribution in [-0.2, 0) is 0 Å². The molecule has 0 amide bonds. The molecule has 0 saturated carbocycles. The van der Waals surface area contributed by atoms with E-state index < -0.39 is 5.51 Å². The van der Waals surface area contributed by atoms with Crippen LogP contribution >= 0.6 is 23.4 Å². The van der Waals surface area contributed by atoms with Crippen LogP contribution in [0.5, 0.6) is 0 Å². The molecule has 0 aliphatic heterocycles. The van der Waals surface area contributed by atoms with Crippen molar-refractivity contribution in [1.82, 2.24) is 0 Å². The molecule has 0 aliphatic carbocycles. The summed E-state index contributed by atoms with van der Waals surface area (Å²) in [6, 6.07) is 5.37.